The van der Waals surface area contributed by atoms with Crippen LogP contribution in [-0.2, 0) is 0 Å². The summed E-state index contributed by atoms with van der Waals surface area (Å²) in [6.45, 7) is 4.01. The number of nitrogens with one attached hydrogen (secondary N) is 2. The van der Waals surface area contributed by atoms with E-state index in [0.717, 1.165) is 37.2 Å². The highest BCUT2D eigenvalue weighted by atomic mass is 16.2. The molecule has 1 aromatic carbocycles. The van der Waals surface area contributed by atoms with E-state index >= 15 is 0 Å². The third kappa shape index (κ3) is 4.10. The largest absolute Gasteiger partial charge is 0.335 e. The minimum atomic E-state index is -0.226. The van der Waals surface area contributed by atoms with Crippen LogP contribution in [0.4, 0.5) is 10.5 Å². The number of tetrazole rings is 1. The number of nitriles is 1. The van der Waals surface area contributed by atoms with Gasteiger partial charge in [-0.2, -0.15) is 5.26 Å². The Kier molecular flexibility index (Phi) is 5.20. The summed E-state index contributed by atoms with van der Waals surface area (Å²) < 4.78 is 1.56. The number of piperidine rings is 1. The Morgan fingerprint density at radius 3 is 2.88 bits per heavy atom. The zero-order valence-corrected chi connectivity index (χ0v) is 14.0. The second kappa shape index (κ2) is 7.72. The van der Waals surface area contributed by atoms with Crippen molar-refractivity contribution in [3.05, 3.63) is 30.1 Å². The van der Waals surface area contributed by atoms with Crippen LogP contribution in [0.1, 0.15) is 18.4 Å². The van der Waals surface area contributed by atoms with Crippen molar-refractivity contribution in [3.63, 3.8) is 0 Å². The number of hydrogen-bond acceptors (Lipinski definition) is 6. The predicted octanol–water partition coefficient (Wildman–Crippen LogP) is 1.08. The normalized spacial score (nSPS) is 15.5. The van der Waals surface area contributed by atoms with Crippen LogP contribution < -0.4 is 10.6 Å². The van der Waals surface area contributed by atoms with E-state index in [4.69, 9.17) is 5.26 Å². The van der Waals surface area contributed by atoms with Gasteiger partial charge in [0.1, 0.15) is 6.33 Å². The molecule has 0 saturated carbocycles. The molecule has 2 aromatic rings. The average Bonchev–Trinajstić information content (AvgIpc) is 3.13. The summed E-state index contributed by atoms with van der Waals surface area (Å²) in [4.78, 5) is 14.4. The second-order valence-corrected chi connectivity index (χ2v) is 6.01. The standard InChI is InChI=1S/C16H20N8O/c1-12-14(3-2-4-15(12)24-11-18-21-22-24)20-16(25)19-13-5-8-23(9-6-13)10-7-17/h2-4,11,13H,5-6,8-10H2,1H3,(H2,19,20,25). The van der Waals surface area contributed by atoms with Crippen molar-refractivity contribution in [1.82, 2.24) is 30.4 Å². The SMILES string of the molecule is Cc1c(NC(=O)NC2CCN(CC#N)CC2)cccc1-n1cnnn1. The highest BCUT2D eigenvalue weighted by molar-refractivity contribution is 5.90. The zero-order chi connectivity index (χ0) is 17.6. The quantitative estimate of drug-likeness (QED) is 0.806. The molecule has 1 aliphatic rings. The summed E-state index contributed by atoms with van der Waals surface area (Å²) in [6, 6.07) is 7.64. The molecular weight excluding hydrogens is 320 g/mol. The van der Waals surface area contributed by atoms with Crippen molar-refractivity contribution < 1.29 is 4.79 Å². The molecule has 0 unspecified atom stereocenters. The minimum Gasteiger partial charge on any atom is -0.335 e. The maximum Gasteiger partial charge on any atom is 0.319 e. The lowest BCUT2D eigenvalue weighted by Crippen LogP contribution is -2.46. The van der Waals surface area contributed by atoms with E-state index < -0.39 is 0 Å². The van der Waals surface area contributed by atoms with Gasteiger partial charge in [-0.05, 0) is 47.9 Å². The van der Waals surface area contributed by atoms with E-state index in [0.29, 0.717) is 12.2 Å². The zero-order valence-electron chi connectivity index (χ0n) is 14.0. The Morgan fingerprint density at radius 2 is 2.20 bits per heavy atom. The van der Waals surface area contributed by atoms with E-state index in [9.17, 15) is 4.79 Å². The lowest BCUT2D eigenvalue weighted by Gasteiger charge is -2.30. The first-order valence-corrected chi connectivity index (χ1v) is 8.17. The van der Waals surface area contributed by atoms with Gasteiger partial charge in [0.05, 0.1) is 18.3 Å². The number of urea groups is 1. The number of benzene rings is 1. The molecule has 2 amide bonds. The van der Waals surface area contributed by atoms with Gasteiger partial charge >= 0.3 is 6.03 Å². The fourth-order valence-corrected chi connectivity index (χ4v) is 2.96. The van der Waals surface area contributed by atoms with Crippen LogP contribution >= 0.6 is 0 Å². The van der Waals surface area contributed by atoms with E-state index in [1.54, 1.807) is 4.68 Å². The number of amides is 2. The van der Waals surface area contributed by atoms with Gasteiger partial charge in [-0.25, -0.2) is 9.48 Å². The smallest absolute Gasteiger partial charge is 0.319 e. The molecule has 0 atom stereocenters. The molecule has 2 heterocycles. The molecule has 0 radical (unpaired) electrons. The number of nitrogens with zero attached hydrogens (tertiary/aromatic N) is 6. The number of aromatic nitrogens is 4. The molecular formula is C16H20N8O. The summed E-state index contributed by atoms with van der Waals surface area (Å²) in [6.07, 6.45) is 3.21. The molecule has 2 N–H and O–H groups in total. The lowest BCUT2D eigenvalue weighted by atomic mass is 10.1. The number of carbonyl (C=O) groups excluding carboxylic acids is 1. The van der Waals surface area contributed by atoms with Gasteiger partial charge in [-0.15, -0.1) is 5.10 Å². The van der Waals surface area contributed by atoms with E-state index in [1.165, 1.54) is 6.33 Å². The number of carbonyl (C=O) groups is 1. The van der Waals surface area contributed by atoms with Crippen LogP contribution in [0.5, 0.6) is 0 Å². The molecule has 9 heteroatoms. The Balaban J connectivity index is 1.59. The number of hydrogen-bond donors (Lipinski definition) is 2. The highest BCUT2D eigenvalue weighted by Gasteiger charge is 2.20. The molecule has 1 aromatic heterocycles. The average molecular weight is 340 g/mol. The maximum atomic E-state index is 12.3. The monoisotopic (exact) mass is 340 g/mol. The van der Waals surface area contributed by atoms with Crippen molar-refractivity contribution in [2.45, 2.75) is 25.8 Å². The van der Waals surface area contributed by atoms with Crippen molar-refractivity contribution >= 4 is 11.7 Å². The second-order valence-electron chi connectivity index (χ2n) is 6.01. The molecule has 130 valence electrons. The van der Waals surface area contributed by atoms with Crippen LogP contribution in [0.15, 0.2) is 24.5 Å². The van der Waals surface area contributed by atoms with Crippen molar-refractivity contribution in [2.24, 2.45) is 0 Å². The predicted molar refractivity (Wildman–Crippen MR) is 91.1 cm³/mol. The third-order valence-corrected chi connectivity index (χ3v) is 4.37. The van der Waals surface area contributed by atoms with E-state index in [-0.39, 0.29) is 12.1 Å². The number of anilines is 1. The van der Waals surface area contributed by atoms with Gasteiger partial charge in [-0.3, -0.25) is 4.90 Å². The first kappa shape index (κ1) is 16.9. The van der Waals surface area contributed by atoms with Crippen LogP contribution in [0.2, 0.25) is 0 Å². The van der Waals surface area contributed by atoms with Crippen LogP contribution in [0, 0.1) is 18.3 Å². The van der Waals surface area contributed by atoms with Crippen molar-refractivity contribution in [2.75, 3.05) is 25.0 Å². The van der Waals surface area contributed by atoms with Crippen molar-refractivity contribution in [1.29, 1.82) is 5.26 Å². The molecule has 3 rings (SSSR count). The topological polar surface area (TPSA) is 112 Å². The molecule has 0 aliphatic carbocycles. The van der Waals surface area contributed by atoms with Gasteiger partial charge in [0, 0.05) is 24.8 Å². The van der Waals surface area contributed by atoms with Gasteiger partial charge in [0.25, 0.3) is 0 Å². The molecule has 0 bridgehead atoms. The van der Waals surface area contributed by atoms with Gasteiger partial charge in [0.2, 0.25) is 0 Å². The molecule has 1 aliphatic heterocycles. The van der Waals surface area contributed by atoms with E-state index in [2.05, 4.69) is 37.1 Å². The van der Waals surface area contributed by atoms with E-state index in [1.807, 2.05) is 25.1 Å². The minimum absolute atomic E-state index is 0.123. The fraction of sp³-hybridized carbons (Fsp3) is 0.438. The summed E-state index contributed by atoms with van der Waals surface area (Å²) in [7, 11) is 0. The summed E-state index contributed by atoms with van der Waals surface area (Å²) in [5.74, 6) is 0. The number of rotatable bonds is 4. The number of likely N-dealkylation sites (tertiary alicyclic amines) is 1. The van der Waals surface area contributed by atoms with Crippen LogP contribution in [0.3, 0.4) is 0 Å². The molecule has 9 nitrogen and oxygen atoms in total. The molecule has 1 saturated heterocycles. The van der Waals surface area contributed by atoms with Crippen LogP contribution in [0.25, 0.3) is 5.69 Å². The summed E-state index contributed by atoms with van der Waals surface area (Å²) >= 11 is 0. The Morgan fingerprint density at radius 1 is 1.40 bits per heavy atom. The Labute approximate surface area is 145 Å². The highest BCUT2D eigenvalue weighted by Crippen LogP contribution is 2.21. The van der Waals surface area contributed by atoms with Gasteiger partial charge in [0.15, 0.2) is 0 Å². The Bertz CT molecular complexity index is 759. The van der Waals surface area contributed by atoms with Crippen LogP contribution in [-0.4, -0.2) is 56.8 Å². The Hall–Kier alpha value is -2.99. The molecule has 0 spiro atoms. The van der Waals surface area contributed by atoms with Gasteiger partial charge < -0.3 is 10.6 Å². The summed E-state index contributed by atoms with van der Waals surface area (Å²) in [5, 5.41) is 25.8. The fourth-order valence-electron chi connectivity index (χ4n) is 2.96. The van der Waals surface area contributed by atoms with Gasteiger partial charge in [-0.1, -0.05) is 6.07 Å². The third-order valence-electron chi connectivity index (χ3n) is 4.37. The maximum absolute atomic E-state index is 12.3. The first-order chi connectivity index (χ1) is 12.2. The summed E-state index contributed by atoms with van der Waals surface area (Å²) in [5.41, 5.74) is 2.41. The van der Waals surface area contributed by atoms with Crippen molar-refractivity contribution in [3.8, 4) is 11.8 Å². The molecule has 1 fully saturated rings. The lowest BCUT2D eigenvalue weighted by molar-refractivity contribution is 0.211. The molecule has 25 heavy (non-hydrogen) atoms. The first-order valence-electron chi connectivity index (χ1n) is 8.17.